The summed E-state index contributed by atoms with van der Waals surface area (Å²) in [5, 5.41) is 10.2. The van der Waals surface area contributed by atoms with Crippen molar-refractivity contribution < 1.29 is 5.11 Å². The van der Waals surface area contributed by atoms with Crippen LogP contribution in [0.4, 0.5) is 0 Å². The molecule has 0 radical (unpaired) electrons. The standard InChI is InChI=1S/C29H48O/c1-7-21(19(2)3)9-8-20(4)25-12-13-26-24-11-10-22-18-23(30)14-16-28(22,5)27(24)15-17-29(25,26)6/h8-10,19-21,23-27,30H,7,11-18H2,1-6H3/b9-8+/t20-,21?,23-,24+,25-,26+,27+,28+,29-/m1/s1. The van der Waals surface area contributed by atoms with Crippen LogP contribution in [0.2, 0.25) is 0 Å². The first-order valence-electron chi connectivity index (χ1n) is 13.3. The molecule has 0 aromatic rings. The zero-order valence-electron chi connectivity index (χ0n) is 20.7. The molecule has 170 valence electrons. The number of allylic oxidation sites excluding steroid dienone is 3. The van der Waals surface area contributed by atoms with E-state index in [1.807, 2.05) is 0 Å². The fourth-order valence-electron chi connectivity index (χ4n) is 8.83. The van der Waals surface area contributed by atoms with Gasteiger partial charge in [-0.3, -0.25) is 0 Å². The Balaban J connectivity index is 1.52. The highest BCUT2D eigenvalue weighted by Crippen LogP contribution is 2.67. The van der Waals surface area contributed by atoms with Crippen LogP contribution in [0, 0.1) is 52.3 Å². The van der Waals surface area contributed by atoms with E-state index in [1.54, 1.807) is 5.57 Å². The Bertz CT molecular complexity index is 674. The third-order valence-corrected chi connectivity index (χ3v) is 10.8. The third kappa shape index (κ3) is 3.66. The lowest BCUT2D eigenvalue weighted by Gasteiger charge is -2.58. The first-order chi connectivity index (χ1) is 14.2. The second-order valence-corrected chi connectivity index (χ2v) is 12.4. The Morgan fingerprint density at radius 1 is 1.03 bits per heavy atom. The molecule has 1 heteroatoms. The van der Waals surface area contributed by atoms with Crippen molar-refractivity contribution in [1.82, 2.24) is 0 Å². The second-order valence-electron chi connectivity index (χ2n) is 12.4. The number of rotatable bonds is 5. The van der Waals surface area contributed by atoms with Gasteiger partial charge >= 0.3 is 0 Å². The molecule has 0 spiro atoms. The highest BCUT2D eigenvalue weighted by Gasteiger charge is 2.58. The quantitative estimate of drug-likeness (QED) is 0.457. The Labute approximate surface area is 186 Å². The van der Waals surface area contributed by atoms with Gasteiger partial charge in [0.25, 0.3) is 0 Å². The van der Waals surface area contributed by atoms with Crippen LogP contribution in [0.15, 0.2) is 23.8 Å². The zero-order valence-corrected chi connectivity index (χ0v) is 20.7. The predicted molar refractivity (Wildman–Crippen MR) is 128 cm³/mol. The van der Waals surface area contributed by atoms with Crippen molar-refractivity contribution in [3.63, 3.8) is 0 Å². The topological polar surface area (TPSA) is 20.2 Å². The van der Waals surface area contributed by atoms with E-state index >= 15 is 0 Å². The normalized spacial score (nSPS) is 45.6. The Kier molecular flexibility index (Phi) is 6.35. The van der Waals surface area contributed by atoms with Crippen molar-refractivity contribution in [2.75, 3.05) is 0 Å². The van der Waals surface area contributed by atoms with E-state index in [0.717, 1.165) is 48.3 Å². The summed E-state index contributed by atoms with van der Waals surface area (Å²) in [6.45, 7) is 14.8. The van der Waals surface area contributed by atoms with Gasteiger partial charge < -0.3 is 5.11 Å². The number of hydrogen-bond acceptors (Lipinski definition) is 1. The molecule has 0 bridgehead atoms. The molecule has 4 rings (SSSR count). The lowest BCUT2D eigenvalue weighted by atomic mass is 9.47. The average molecular weight is 413 g/mol. The van der Waals surface area contributed by atoms with Gasteiger partial charge in [-0.15, -0.1) is 0 Å². The van der Waals surface area contributed by atoms with E-state index in [9.17, 15) is 5.11 Å². The molecule has 0 amide bonds. The molecule has 9 atom stereocenters. The number of aliphatic hydroxyl groups excluding tert-OH is 1. The summed E-state index contributed by atoms with van der Waals surface area (Å²) >= 11 is 0. The molecule has 0 aliphatic heterocycles. The van der Waals surface area contributed by atoms with Crippen LogP contribution >= 0.6 is 0 Å². The lowest BCUT2D eigenvalue weighted by molar-refractivity contribution is -0.0540. The molecule has 4 aliphatic carbocycles. The summed E-state index contributed by atoms with van der Waals surface area (Å²) in [5.74, 6) is 5.70. The van der Waals surface area contributed by atoms with Gasteiger partial charge in [-0.05, 0) is 110 Å². The molecule has 4 aliphatic rings. The van der Waals surface area contributed by atoms with E-state index in [1.165, 1.54) is 44.9 Å². The van der Waals surface area contributed by atoms with Crippen LogP contribution < -0.4 is 0 Å². The van der Waals surface area contributed by atoms with Crippen molar-refractivity contribution in [1.29, 1.82) is 0 Å². The molecular formula is C29H48O. The van der Waals surface area contributed by atoms with Gasteiger partial charge in [0.2, 0.25) is 0 Å². The largest absolute Gasteiger partial charge is 0.393 e. The molecule has 3 saturated carbocycles. The van der Waals surface area contributed by atoms with E-state index in [-0.39, 0.29) is 6.10 Å². The van der Waals surface area contributed by atoms with Crippen LogP contribution in [0.25, 0.3) is 0 Å². The number of fused-ring (bicyclic) bond motifs is 5. The second kappa shape index (κ2) is 8.42. The van der Waals surface area contributed by atoms with Gasteiger partial charge in [0.1, 0.15) is 0 Å². The van der Waals surface area contributed by atoms with Gasteiger partial charge in [0, 0.05) is 0 Å². The minimum Gasteiger partial charge on any atom is -0.393 e. The zero-order chi connectivity index (χ0) is 21.7. The minimum atomic E-state index is -0.0870. The molecule has 1 N–H and O–H groups in total. The first kappa shape index (κ1) is 22.6. The van der Waals surface area contributed by atoms with E-state index in [4.69, 9.17) is 0 Å². The molecular weight excluding hydrogens is 364 g/mol. The molecule has 1 unspecified atom stereocenters. The SMILES string of the molecule is CCC(/C=C/[C@@H](C)[C@H]1CC[C@H]2[C@@H]3CC=C4C[C@H](O)CC[C@]4(C)[C@H]3CC[C@]12C)C(C)C. The van der Waals surface area contributed by atoms with E-state index in [2.05, 4.69) is 59.8 Å². The first-order valence-corrected chi connectivity index (χ1v) is 13.3. The van der Waals surface area contributed by atoms with Crippen molar-refractivity contribution in [3.8, 4) is 0 Å². The monoisotopic (exact) mass is 412 g/mol. The van der Waals surface area contributed by atoms with Crippen molar-refractivity contribution in [3.05, 3.63) is 23.8 Å². The molecule has 0 aromatic heterocycles. The Morgan fingerprint density at radius 3 is 2.50 bits per heavy atom. The van der Waals surface area contributed by atoms with Gasteiger partial charge in [-0.2, -0.15) is 0 Å². The van der Waals surface area contributed by atoms with Crippen LogP contribution in [0.5, 0.6) is 0 Å². The summed E-state index contributed by atoms with van der Waals surface area (Å²) in [6, 6.07) is 0. The fraction of sp³-hybridized carbons (Fsp3) is 0.862. The average Bonchev–Trinajstić information content (AvgIpc) is 3.06. The lowest BCUT2D eigenvalue weighted by Crippen LogP contribution is -2.50. The number of aliphatic hydroxyl groups is 1. The molecule has 0 aromatic carbocycles. The van der Waals surface area contributed by atoms with Crippen molar-refractivity contribution >= 4 is 0 Å². The summed E-state index contributed by atoms with van der Waals surface area (Å²) in [6.07, 6.45) is 19.1. The maximum absolute atomic E-state index is 10.2. The highest BCUT2D eigenvalue weighted by molar-refractivity contribution is 5.25. The van der Waals surface area contributed by atoms with Crippen LogP contribution in [-0.2, 0) is 0 Å². The summed E-state index contributed by atoms with van der Waals surface area (Å²) in [4.78, 5) is 0. The molecule has 0 saturated heterocycles. The van der Waals surface area contributed by atoms with Gasteiger partial charge in [0.05, 0.1) is 6.10 Å². The highest BCUT2D eigenvalue weighted by atomic mass is 16.3. The summed E-state index contributed by atoms with van der Waals surface area (Å²) in [7, 11) is 0. The van der Waals surface area contributed by atoms with Crippen LogP contribution in [0.1, 0.15) is 99.3 Å². The van der Waals surface area contributed by atoms with Gasteiger partial charge in [0.15, 0.2) is 0 Å². The summed E-state index contributed by atoms with van der Waals surface area (Å²) in [5.41, 5.74) is 2.51. The van der Waals surface area contributed by atoms with Gasteiger partial charge in [-0.25, -0.2) is 0 Å². The van der Waals surface area contributed by atoms with E-state index in [0.29, 0.717) is 16.7 Å². The minimum absolute atomic E-state index is 0.0870. The maximum atomic E-state index is 10.2. The van der Waals surface area contributed by atoms with Crippen LogP contribution in [-0.4, -0.2) is 11.2 Å². The van der Waals surface area contributed by atoms with Crippen molar-refractivity contribution in [2.45, 2.75) is 105 Å². The van der Waals surface area contributed by atoms with Gasteiger partial charge in [-0.1, -0.05) is 65.3 Å². The third-order valence-electron chi connectivity index (χ3n) is 10.8. The summed E-state index contributed by atoms with van der Waals surface area (Å²) < 4.78 is 0. The molecule has 3 fully saturated rings. The van der Waals surface area contributed by atoms with E-state index < -0.39 is 0 Å². The smallest absolute Gasteiger partial charge is 0.0577 e. The molecule has 30 heavy (non-hydrogen) atoms. The van der Waals surface area contributed by atoms with Crippen molar-refractivity contribution in [2.24, 2.45) is 52.3 Å². The predicted octanol–water partition coefficient (Wildman–Crippen LogP) is 7.80. The molecule has 0 heterocycles. The number of hydrogen-bond donors (Lipinski definition) is 1. The Hall–Kier alpha value is -0.560. The Morgan fingerprint density at radius 2 is 1.80 bits per heavy atom. The molecule has 1 nitrogen and oxygen atoms in total. The van der Waals surface area contributed by atoms with Crippen LogP contribution in [0.3, 0.4) is 0 Å². The maximum Gasteiger partial charge on any atom is 0.0577 e. The fourth-order valence-corrected chi connectivity index (χ4v) is 8.83.